The van der Waals surface area contributed by atoms with Gasteiger partial charge < -0.3 is 19.8 Å². The van der Waals surface area contributed by atoms with Crippen LogP contribution in [0.3, 0.4) is 0 Å². The summed E-state index contributed by atoms with van der Waals surface area (Å²) in [5.41, 5.74) is 0.211. The SMILES string of the molecule is O=C1C(=O)N(CCOCCO)[C@@H](c2ccccn2)/C1=C(\O)c1ccc([N+](=O)[O-])cc1. The molecule has 10 heteroatoms. The minimum Gasteiger partial charge on any atom is -0.507 e. The average Bonchev–Trinajstić information content (AvgIpc) is 3.01. The number of non-ortho nitro benzene ring substituents is 1. The third-order valence-corrected chi connectivity index (χ3v) is 4.57. The number of nitro groups is 1. The third kappa shape index (κ3) is 4.19. The lowest BCUT2D eigenvalue weighted by Gasteiger charge is -2.24. The van der Waals surface area contributed by atoms with Gasteiger partial charge in [0.05, 0.1) is 36.0 Å². The normalized spacial score (nSPS) is 18.0. The van der Waals surface area contributed by atoms with E-state index in [2.05, 4.69) is 4.98 Å². The Labute approximate surface area is 171 Å². The van der Waals surface area contributed by atoms with Crippen LogP contribution < -0.4 is 0 Å². The van der Waals surface area contributed by atoms with Crippen LogP contribution in [0.4, 0.5) is 5.69 Å². The number of carbonyl (C=O) groups is 2. The molecular formula is C20H19N3O7. The number of aromatic nitrogens is 1. The Morgan fingerprint density at radius 3 is 2.50 bits per heavy atom. The molecule has 10 nitrogen and oxygen atoms in total. The Balaban J connectivity index is 2.03. The number of ether oxygens (including phenoxy) is 1. The fourth-order valence-corrected chi connectivity index (χ4v) is 3.18. The van der Waals surface area contributed by atoms with Crippen molar-refractivity contribution in [1.29, 1.82) is 0 Å². The summed E-state index contributed by atoms with van der Waals surface area (Å²) in [4.78, 5) is 41.1. The van der Waals surface area contributed by atoms with E-state index in [1.807, 2.05) is 0 Å². The van der Waals surface area contributed by atoms with Gasteiger partial charge in [0, 0.05) is 30.4 Å². The summed E-state index contributed by atoms with van der Waals surface area (Å²) in [6.45, 7) is 0.0287. The van der Waals surface area contributed by atoms with Crippen LogP contribution in [0.1, 0.15) is 17.3 Å². The fraction of sp³-hybridized carbons (Fsp3) is 0.250. The van der Waals surface area contributed by atoms with Crippen LogP contribution in [-0.4, -0.2) is 63.1 Å². The second-order valence-electron chi connectivity index (χ2n) is 6.39. The van der Waals surface area contributed by atoms with E-state index in [0.29, 0.717) is 5.69 Å². The lowest BCUT2D eigenvalue weighted by molar-refractivity contribution is -0.384. The molecule has 0 aliphatic carbocycles. The summed E-state index contributed by atoms with van der Waals surface area (Å²) in [5, 5.41) is 30.5. The first-order valence-corrected chi connectivity index (χ1v) is 9.08. The highest BCUT2D eigenvalue weighted by Gasteiger charge is 2.46. The molecule has 1 aromatic heterocycles. The summed E-state index contributed by atoms with van der Waals surface area (Å²) >= 11 is 0. The van der Waals surface area contributed by atoms with Crippen molar-refractivity contribution in [1.82, 2.24) is 9.88 Å². The van der Waals surface area contributed by atoms with Gasteiger partial charge in [-0.1, -0.05) is 6.07 Å². The number of carbonyl (C=O) groups excluding carboxylic acids is 2. The second-order valence-corrected chi connectivity index (χ2v) is 6.39. The highest BCUT2D eigenvalue weighted by atomic mass is 16.6. The number of aliphatic hydroxyl groups is 2. The Morgan fingerprint density at radius 1 is 1.17 bits per heavy atom. The van der Waals surface area contributed by atoms with Gasteiger partial charge >= 0.3 is 0 Å². The molecule has 1 fully saturated rings. The van der Waals surface area contributed by atoms with E-state index < -0.39 is 28.4 Å². The predicted octanol–water partition coefficient (Wildman–Crippen LogP) is 1.42. The van der Waals surface area contributed by atoms with Crippen molar-refractivity contribution in [2.75, 3.05) is 26.4 Å². The monoisotopic (exact) mass is 413 g/mol. The number of aliphatic hydroxyl groups excluding tert-OH is 2. The van der Waals surface area contributed by atoms with Crippen LogP contribution in [0.5, 0.6) is 0 Å². The summed E-state index contributed by atoms with van der Waals surface area (Å²) in [7, 11) is 0. The molecule has 1 aliphatic heterocycles. The van der Waals surface area contributed by atoms with Crippen LogP contribution in [0, 0.1) is 10.1 Å². The van der Waals surface area contributed by atoms with E-state index in [0.717, 1.165) is 0 Å². The summed E-state index contributed by atoms with van der Waals surface area (Å²) < 4.78 is 5.21. The van der Waals surface area contributed by atoms with E-state index in [9.17, 15) is 24.8 Å². The minimum atomic E-state index is -0.945. The van der Waals surface area contributed by atoms with Crippen molar-refractivity contribution >= 4 is 23.1 Å². The third-order valence-electron chi connectivity index (χ3n) is 4.57. The number of nitro benzene ring substituents is 1. The number of nitrogens with zero attached hydrogens (tertiary/aromatic N) is 3. The van der Waals surface area contributed by atoms with Gasteiger partial charge in [-0.25, -0.2) is 0 Å². The number of hydrogen-bond acceptors (Lipinski definition) is 8. The van der Waals surface area contributed by atoms with Gasteiger partial charge in [-0.15, -0.1) is 0 Å². The zero-order valence-electron chi connectivity index (χ0n) is 15.8. The summed E-state index contributed by atoms with van der Waals surface area (Å²) in [6, 6.07) is 9.06. The van der Waals surface area contributed by atoms with Crippen molar-refractivity contribution in [3.8, 4) is 0 Å². The maximum Gasteiger partial charge on any atom is 0.295 e. The van der Waals surface area contributed by atoms with Crippen molar-refractivity contribution in [3.63, 3.8) is 0 Å². The van der Waals surface area contributed by atoms with Gasteiger partial charge in [0.15, 0.2) is 0 Å². The lowest BCUT2D eigenvalue weighted by atomic mass is 9.98. The molecule has 2 N–H and O–H groups in total. The topological polar surface area (TPSA) is 143 Å². The second kappa shape index (κ2) is 9.25. The van der Waals surface area contributed by atoms with Crippen molar-refractivity contribution < 1.29 is 29.5 Å². The molecule has 0 bridgehead atoms. The standard InChI is InChI=1S/C20H19N3O7/c24-10-12-30-11-9-22-17(15-3-1-2-8-21-15)16(19(26)20(22)27)18(25)13-4-6-14(7-5-13)23(28)29/h1-8,17,24-25H,9-12H2/b18-16+/t17-/m0/s1. The molecule has 0 radical (unpaired) electrons. The van der Waals surface area contributed by atoms with Crippen molar-refractivity contribution in [3.05, 3.63) is 75.6 Å². The van der Waals surface area contributed by atoms with Crippen molar-refractivity contribution in [2.45, 2.75) is 6.04 Å². The van der Waals surface area contributed by atoms with Crippen LogP contribution >= 0.6 is 0 Å². The number of Topliss-reactive ketones (excluding diaryl/α,β-unsaturated/α-hetero) is 1. The van der Waals surface area contributed by atoms with Crippen LogP contribution in [0.2, 0.25) is 0 Å². The predicted molar refractivity (Wildman–Crippen MR) is 104 cm³/mol. The molecule has 30 heavy (non-hydrogen) atoms. The molecule has 0 spiro atoms. The number of rotatable bonds is 8. The van der Waals surface area contributed by atoms with Crippen LogP contribution in [-0.2, 0) is 14.3 Å². The molecule has 3 rings (SSSR count). The van der Waals surface area contributed by atoms with Crippen LogP contribution in [0.15, 0.2) is 54.2 Å². The van der Waals surface area contributed by atoms with Gasteiger partial charge in [0.2, 0.25) is 0 Å². The van der Waals surface area contributed by atoms with E-state index in [1.54, 1.807) is 18.2 Å². The molecular weight excluding hydrogens is 394 g/mol. The Bertz CT molecular complexity index is 974. The number of pyridine rings is 1. The number of benzene rings is 1. The Morgan fingerprint density at radius 2 is 1.90 bits per heavy atom. The number of amides is 1. The molecule has 1 amide bonds. The van der Waals surface area contributed by atoms with Crippen LogP contribution in [0.25, 0.3) is 5.76 Å². The zero-order valence-corrected chi connectivity index (χ0v) is 15.8. The molecule has 2 aromatic rings. The average molecular weight is 413 g/mol. The molecule has 156 valence electrons. The fourth-order valence-electron chi connectivity index (χ4n) is 3.18. The smallest absolute Gasteiger partial charge is 0.295 e. The summed E-state index contributed by atoms with van der Waals surface area (Å²) in [6.07, 6.45) is 1.50. The van der Waals surface area contributed by atoms with Crippen molar-refractivity contribution in [2.24, 2.45) is 0 Å². The number of likely N-dealkylation sites (tertiary alicyclic amines) is 1. The number of ketones is 1. The molecule has 0 unspecified atom stereocenters. The number of hydrogen-bond donors (Lipinski definition) is 2. The van der Waals surface area contributed by atoms with Gasteiger partial charge in [-0.3, -0.25) is 24.7 Å². The first-order valence-electron chi connectivity index (χ1n) is 9.08. The molecule has 2 heterocycles. The zero-order chi connectivity index (χ0) is 21.7. The highest BCUT2D eigenvalue weighted by molar-refractivity contribution is 6.46. The van der Waals surface area contributed by atoms with Gasteiger partial charge in [-0.2, -0.15) is 0 Å². The van der Waals surface area contributed by atoms with E-state index >= 15 is 0 Å². The van der Waals surface area contributed by atoms with E-state index in [1.165, 1.54) is 35.4 Å². The van der Waals surface area contributed by atoms with Gasteiger partial charge in [0.1, 0.15) is 11.8 Å². The maximum absolute atomic E-state index is 12.8. The molecule has 0 saturated carbocycles. The lowest BCUT2D eigenvalue weighted by Crippen LogP contribution is -2.33. The maximum atomic E-state index is 12.8. The largest absolute Gasteiger partial charge is 0.507 e. The molecule has 1 aromatic carbocycles. The minimum absolute atomic E-state index is 0.0445. The van der Waals surface area contributed by atoms with E-state index in [-0.39, 0.29) is 43.2 Å². The van der Waals surface area contributed by atoms with Gasteiger partial charge in [0.25, 0.3) is 17.4 Å². The summed E-state index contributed by atoms with van der Waals surface area (Å²) in [5.74, 6) is -2.15. The molecule has 1 aliphatic rings. The quantitative estimate of drug-likeness (QED) is 0.165. The highest BCUT2D eigenvalue weighted by Crippen LogP contribution is 2.38. The first kappa shape index (κ1) is 21.1. The van der Waals surface area contributed by atoms with Gasteiger partial charge in [-0.05, 0) is 24.3 Å². The molecule has 1 saturated heterocycles. The Kier molecular flexibility index (Phi) is 6.50. The molecule has 1 atom stereocenters. The first-order chi connectivity index (χ1) is 14.5. The van der Waals surface area contributed by atoms with E-state index in [4.69, 9.17) is 9.84 Å². The Hall–Kier alpha value is -3.63.